The number of methoxy groups -OCH3 is 2. The normalized spacial score (nSPS) is 15.8. The highest BCUT2D eigenvalue weighted by Gasteiger charge is 2.23. The van der Waals surface area contributed by atoms with E-state index >= 15 is 0 Å². The monoisotopic (exact) mass is 321 g/mol. The third-order valence-corrected chi connectivity index (χ3v) is 3.81. The van der Waals surface area contributed by atoms with Gasteiger partial charge in [0.15, 0.2) is 0 Å². The van der Waals surface area contributed by atoms with Crippen LogP contribution in [0, 0.1) is 5.92 Å². The highest BCUT2D eigenvalue weighted by Crippen LogP contribution is 2.29. The summed E-state index contributed by atoms with van der Waals surface area (Å²) in [4.78, 5) is 23.7. The van der Waals surface area contributed by atoms with Crippen molar-refractivity contribution in [2.75, 3.05) is 32.7 Å². The van der Waals surface area contributed by atoms with Crippen LogP contribution in [0.25, 0.3) is 0 Å². The fourth-order valence-corrected chi connectivity index (χ4v) is 2.68. The number of benzene rings is 1. The van der Waals surface area contributed by atoms with Crippen LogP contribution in [0.2, 0.25) is 0 Å². The minimum Gasteiger partial charge on any atom is -0.469 e. The molecule has 1 aliphatic heterocycles. The van der Waals surface area contributed by atoms with Gasteiger partial charge in [-0.1, -0.05) is 25.1 Å². The fourth-order valence-electron chi connectivity index (χ4n) is 2.68. The number of rotatable bonds is 4. The first kappa shape index (κ1) is 19.0. The topological polar surface area (TPSA) is 55.8 Å². The molecule has 0 saturated carbocycles. The molecule has 0 saturated heterocycles. The molecule has 23 heavy (non-hydrogen) atoms. The van der Waals surface area contributed by atoms with E-state index in [1.165, 1.54) is 25.5 Å². The average molecular weight is 321 g/mol. The van der Waals surface area contributed by atoms with Crippen LogP contribution in [0.5, 0.6) is 0 Å². The number of esters is 2. The number of ether oxygens (including phenoxy) is 2. The maximum atomic E-state index is 11.3. The van der Waals surface area contributed by atoms with E-state index < -0.39 is 0 Å². The number of para-hydroxylation sites is 1. The molecule has 1 aromatic carbocycles. The zero-order valence-electron chi connectivity index (χ0n) is 14.5. The predicted molar refractivity (Wildman–Crippen MR) is 90.5 cm³/mol. The summed E-state index contributed by atoms with van der Waals surface area (Å²) in [5.74, 6) is 0.132. The molecule has 1 heterocycles. The molecule has 128 valence electrons. The van der Waals surface area contributed by atoms with Crippen molar-refractivity contribution in [3.8, 4) is 0 Å². The second-order valence-electron chi connectivity index (χ2n) is 5.69. The lowest BCUT2D eigenvalue weighted by Crippen LogP contribution is -2.33. The minimum absolute atomic E-state index is 0.113. The maximum Gasteiger partial charge on any atom is 0.305 e. The maximum absolute atomic E-state index is 11.3. The van der Waals surface area contributed by atoms with Crippen LogP contribution in [-0.4, -0.2) is 39.8 Å². The molecular weight excluding hydrogens is 294 g/mol. The second kappa shape index (κ2) is 9.87. The number of carbonyl (C=O) groups excluding carboxylic acids is 2. The van der Waals surface area contributed by atoms with Crippen molar-refractivity contribution in [3.63, 3.8) is 0 Å². The van der Waals surface area contributed by atoms with Crippen molar-refractivity contribution in [1.29, 1.82) is 0 Å². The number of nitrogens with zero attached hydrogens (tertiary/aromatic N) is 1. The van der Waals surface area contributed by atoms with Crippen molar-refractivity contribution in [1.82, 2.24) is 0 Å². The van der Waals surface area contributed by atoms with Gasteiger partial charge in [0.05, 0.1) is 20.6 Å². The highest BCUT2D eigenvalue weighted by molar-refractivity contribution is 5.70. The van der Waals surface area contributed by atoms with Crippen LogP contribution in [-0.2, 0) is 25.5 Å². The van der Waals surface area contributed by atoms with E-state index in [4.69, 9.17) is 4.74 Å². The summed E-state index contributed by atoms with van der Waals surface area (Å²) < 4.78 is 9.07. The van der Waals surface area contributed by atoms with Gasteiger partial charge in [-0.2, -0.15) is 0 Å². The average Bonchev–Trinajstić information content (AvgIpc) is 2.55. The third kappa shape index (κ3) is 6.30. The Kier molecular flexibility index (Phi) is 8.16. The molecule has 0 aromatic heterocycles. The Morgan fingerprint density at radius 3 is 2.39 bits per heavy atom. The Labute approximate surface area is 138 Å². The summed E-state index contributed by atoms with van der Waals surface area (Å²) in [5.41, 5.74) is 2.61. The Morgan fingerprint density at radius 1 is 1.17 bits per heavy atom. The van der Waals surface area contributed by atoms with Gasteiger partial charge in [0, 0.05) is 25.7 Å². The van der Waals surface area contributed by atoms with Gasteiger partial charge in [-0.15, -0.1) is 0 Å². The zero-order valence-corrected chi connectivity index (χ0v) is 14.5. The summed E-state index contributed by atoms with van der Waals surface area (Å²) in [5, 5.41) is 0. The molecule has 0 aliphatic carbocycles. The number of anilines is 1. The Balaban J connectivity index is 0.000000322. The summed E-state index contributed by atoms with van der Waals surface area (Å²) in [6, 6.07) is 8.36. The molecule has 2 rings (SSSR count). The van der Waals surface area contributed by atoms with E-state index in [0.717, 1.165) is 19.4 Å². The van der Waals surface area contributed by atoms with Crippen molar-refractivity contribution in [3.05, 3.63) is 29.8 Å². The van der Waals surface area contributed by atoms with Gasteiger partial charge in [-0.05, 0) is 30.4 Å². The lowest BCUT2D eigenvalue weighted by molar-refractivity contribution is -0.142. The van der Waals surface area contributed by atoms with Gasteiger partial charge in [0.25, 0.3) is 0 Å². The van der Waals surface area contributed by atoms with E-state index in [1.807, 2.05) is 13.0 Å². The van der Waals surface area contributed by atoms with Gasteiger partial charge in [-0.3, -0.25) is 9.59 Å². The van der Waals surface area contributed by atoms with Gasteiger partial charge in [-0.25, -0.2) is 0 Å². The lowest BCUT2D eigenvalue weighted by atomic mass is 9.90. The number of hydrogen-bond acceptors (Lipinski definition) is 5. The molecule has 0 fully saturated rings. The van der Waals surface area contributed by atoms with Crippen LogP contribution in [0.1, 0.15) is 31.7 Å². The van der Waals surface area contributed by atoms with Crippen molar-refractivity contribution < 1.29 is 19.1 Å². The van der Waals surface area contributed by atoms with Crippen LogP contribution < -0.4 is 4.90 Å². The Morgan fingerprint density at radius 2 is 1.83 bits per heavy atom. The van der Waals surface area contributed by atoms with E-state index in [0.29, 0.717) is 18.8 Å². The van der Waals surface area contributed by atoms with Crippen LogP contribution >= 0.6 is 0 Å². The lowest BCUT2D eigenvalue weighted by Gasteiger charge is -2.32. The molecule has 5 heteroatoms. The van der Waals surface area contributed by atoms with E-state index in [9.17, 15) is 9.59 Å². The van der Waals surface area contributed by atoms with E-state index in [2.05, 4.69) is 34.9 Å². The quantitative estimate of drug-likeness (QED) is 0.798. The van der Waals surface area contributed by atoms with E-state index in [-0.39, 0.29) is 11.9 Å². The standard InChI is InChI=1S/C13H17NO2.C5H10O2/c1-14-9-10(8-13(15)16-2)7-11-5-3-4-6-12(11)14;1-3-4-5(6)7-2/h3-6,10H,7-9H2,1-2H3;3-4H2,1-2H3. The Hall–Kier alpha value is -2.04. The van der Waals surface area contributed by atoms with Crippen molar-refractivity contribution in [2.24, 2.45) is 5.92 Å². The molecule has 0 amide bonds. The fraction of sp³-hybridized carbons (Fsp3) is 0.556. The predicted octanol–water partition coefficient (Wildman–Crippen LogP) is 2.82. The highest BCUT2D eigenvalue weighted by atomic mass is 16.5. The number of hydrogen-bond donors (Lipinski definition) is 0. The molecule has 1 unspecified atom stereocenters. The first-order valence-electron chi connectivity index (χ1n) is 7.94. The summed E-state index contributed by atoms with van der Waals surface area (Å²) >= 11 is 0. The van der Waals surface area contributed by atoms with Crippen molar-refractivity contribution in [2.45, 2.75) is 32.6 Å². The molecule has 0 bridgehead atoms. The van der Waals surface area contributed by atoms with Crippen LogP contribution in [0.3, 0.4) is 0 Å². The molecule has 0 spiro atoms. The minimum atomic E-state index is -0.123. The second-order valence-corrected chi connectivity index (χ2v) is 5.69. The van der Waals surface area contributed by atoms with Crippen LogP contribution in [0.15, 0.2) is 24.3 Å². The first-order chi connectivity index (χ1) is 11.0. The van der Waals surface area contributed by atoms with Crippen LogP contribution in [0.4, 0.5) is 5.69 Å². The van der Waals surface area contributed by atoms with Crippen molar-refractivity contribution >= 4 is 17.6 Å². The first-order valence-corrected chi connectivity index (χ1v) is 7.94. The van der Waals surface area contributed by atoms with Gasteiger partial charge < -0.3 is 14.4 Å². The SMILES string of the molecule is CCCC(=O)OC.COC(=O)CC1Cc2ccccc2N(C)C1. The van der Waals surface area contributed by atoms with Gasteiger partial charge >= 0.3 is 11.9 Å². The van der Waals surface area contributed by atoms with Gasteiger partial charge in [0.2, 0.25) is 0 Å². The van der Waals surface area contributed by atoms with E-state index in [1.54, 1.807) is 0 Å². The smallest absolute Gasteiger partial charge is 0.305 e. The summed E-state index contributed by atoms with van der Waals surface area (Å²) in [6.07, 6.45) is 2.88. The molecule has 5 nitrogen and oxygen atoms in total. The largest absolute Gasteiger partial charge is 0.469 e. The third-order valence-electron chi connectivity index (χ3n) is 3.81. The van der Waals surface area contributed by atoms with Gasteiger partial charge in [0.1, 0.15) is 0 Å². The molecular formula is C18H27NO4. The molecule has 1 aromatic rings. The molecule has 0 radical (unpaired) electrons. The molecule has 1 atom stereocenters. The molecule has 1 aliphatic rings. The Bertz CT molecular complexity index is 515. The number of fused-ring (bicyclic) bond motifs is 1. The zero-order chi connectivity index (χ0) is 17.2. The molecule has 0 N–H and O–H groups in total. The summed E-state index contributed by atoms with van der Waals surface area (Å²) in [7, 11) is 4.92. The number of carbonyl (C=O) groups is 2. The summed E-state index contributed by atoms with van der Waals surface area (Å²) in [6.45, 7) is 2.86.